The maximum absolute atomic E-state index is 13.2. The number of methoxy groups -OCH3 is 1. The van der Waals surface area contributed by atoms with E-state index in [9.17, 15) is 14.4 Å². The fourth-order valence-corrected chi connectivity index (χ4v) is 5.32. The number of anilines is 1. The summed E-state index contributed by atoms with van der Waals surface area (Å²) in [5.74, 6) is -0.267. The highest BCUT2D eigenvalue weighted by Gasteiger charge is 2.25. The number of hydrogen-bond donors (Lipinski definition) is 1. The molecule has 0 unspecified atom stereocenters. The molecule has 0 spiro atoms. The SMILES string of the molecule is COC(=O)c1ccc2cc(C(=O)N3CCC(c4ccc(NC(=O)c5cc6cccn6cn5)cc4)CC3)ccc2c1. The number of fused-ring (bicyclic) bond motifs is 2. The lowest BCUT2D eigenvalue weighted by molar-refractivity contribution is 0.0600. The van der Waals surface area contributed by atoms with E-state index in [2.05, 4.69) is 10.3 Å². The number of aromatic nitrogens is 2. The molecule has 2 amide bonds. The third-order valence-electron chi connectivity index (χ3n) is 7.58. The number of esters is 1. The lowest BCUT2D eigenvalue weighted by atomic mass is 9.89. The number of carbonyl (C=O) groups is 3. The van der Waals surface area contributed by atoms with Crippen LogP contribution in [0.4, 0.5) is 5.69 Å². The first-order valence-electron chi connectivity index (χ1n) is 13.2. The molecule has 8 heteroatoms. The van der Waals surface area contributed by atoms with Crippen LogP contribution < -0.4 is 5.32 Å². The Morgan fingerprint density at radius 2 is 1.57 bits per heavy atom. The first-order valence-corrected chi connectivity index (χ1v) is 13.2. The number of rotatable bonds is 5. The highest BCUT2D eigenvalue weighted by Crippen LogP contribution is 2.30. The quantitative estimate of drug-likeness (QED) is 0.300. The van der Waals surface area contributed by atoms with Crippen LogP contribution in [0.3, 0.4) is 0 Å². The molecule has 3 aromatic carbocycles. The predicted molar refractivity (Wildman–Crippen MR) is 153 cm³/mol. The standard InChI is InChI=1S/C32H28N4O4/c1-40-32(39)26-7-5-23-17-25(6-4-24(23)18-26)31(38)35-15-12-22(13-16-35)21-8-10-27(11-9-21)34-30(37)29-19-28-3-2-14-36(28)20-33-29/h2-11,14,17-20,22H,12-13,15-16H2,1H3,(H,34,37). The van der Waals surface area contributed by atoms with Crippen LogP contribution in [0.25, 0.3) is 16.3 Å². The summed E-state index contributed by atoms with van der Waals surface area (Å²) in [4.78, 5) is 43.9. The predicted octanol–water partition coefficient (Wildman–Crippen LogP) is 5.55. The van der Waals surface area contributed by atoms with Crippen molar-refractivity contribution >= 4 is 39.8 Å². The van der Waals surface area contributed by atoms with Crippen molar-refractivity contribution in [3.05, 3.63) is 114 Å². The maximum atomic E-state index is 13.2. The van der Waals surface area contributed by atoms with Crippen LogP contribution in [0.1, 0.15) is 55.5 Å². The van der Waals surface area contributed by atoms with Crippen molar-refractivity contribution in [3.63, 3.8) is 0 Å². The van der Waals surface area contributed by atoms with Gasteiger partial charge in [0.2, 0.25) is 0 Å². The lowest BCUT2D eigenvalue weighted by Crippen LogP contribution is -2.37. The minimum Gasteiger partial charge on any atom is -0.465 e. The summed E-state index contributed by atoms with van der Waals surface area (Å²) in [5, 5.41) is 4.71. The number of nitrogens with one attached hydrogen (secondary N) is 1. The third-order valence-corrected chi connectivity index (χ3v) is 7.58. The normalized spacial score (nSPS) is 13.9. The van der Waals surface area contributed by atoms with Gasteiger partial charge in [0.15, 0.2) is 0 Å². The van der Waals surface area contributed by atoms with Crippen molar-refractivity contribution in [1.82, 2.24) is 14.3 Å². The van der Waals surface area contributed by atoms with E-state index >= 15 is 0 Å². The van der Waals surface area contributed by atoms with E-state index in [-0.39, 0.29) is 17.8 Å². The van der Waals surface area contributed by atoms with Crippen molar-refractivity contribution in [3.8, 4) is 0 Å². The molecule has 0 saturated carbocycles. The van der Waals surface area contributed by atoms with Gasteiger partial charge in [0.05, 0.1) is 19.0 Å². The van der Waals surface area contributed by atoms with Crippen molar-refractivity contribution < 1.29 is 19.1 Å². The van der Waals surface area contributed by atoms with Gasteiger partial charge in [-0.3, -0.25) is 9.59 Å². The molecule has 1 N–H and O–H groups in total. The van der Waals surface area contributed by atoms with Crippen LogP contribution in [0.5, 0.6) is 0 Å². The highest BCUT2D eigenvalue weighted by molar-refractivity contribution is 6.03. The van der Waals surface area contributed by atoms with Crippen LogP contribution in [0, 0.1) is 0 Å². The topological polar surface area (TPSA) is 93.0 Å². The van der Waals surface area contributed by atoms with E-state index in [1.165, 1.54) is 12.7 Å². The average molecular weight is 533 g/mol. The summed E-state index contributed by atoms with van der Waals surface area (Å²) in [7, 11) is 1.36. The lowest BCUT2D eigenvalue weighted by Gasteiger charge is -2.32. The molecule has 5 aromatic rings. The van der Waals surface area contributed by atoms with Gasteiger partial charge in [-0.15, -0.1) is 0 Å². The summed E-state index contributed by atoms with van der Waals surface area (Å²) in [5.41, 5.74) is 4.32. The van der Waals surface area contributed by atoms with E-state index < -0.39 is 0 Å². The Bertz CT molecular complexity index is 1730. The molecule has 6 rings (SSSR count). The highest BCUT2D eigenvalue weighted by atomic mass is 16.5. The second-order valence-corrected chi connectivity index (χ2v) is 10.0. The molecule has 1 aliphatic rings. The Kier molecular flexibility index (Phi) is 6.74. The summed E-state index contributed by atoms with van der Waals surface area (Å²) in [6.07, 6.45) is 5.26. The second-order valence-electron chi connectivity index (χ2n) is 10.0. The molecule has 0 bridgehead atoms. The van der Waals surface area contributed by atoms with Crippen LogP contribution in [-0.2, 0) is 4.74 Å². The minimum atomic E-state index is -0.382. The number of nitrogens with zero attached hydrogens (tertiary/aromatic N) is 3. The number of carbonyl (C=O) groups excluding carboxylic acids is 3. The van der Waals surface area contributed by atoms with E-state index in [0.29, 0.717) is 41.5 Å². The first-order chi connectivity index (χ1) is 19.5. The minimum absolute atomic E-state index is 0.0161. The molecular weight excluding hydrogens is 504 g/mol. The zero-order valence-electron chi connectivity index (χ0n) is 22.0. The van der Waals surface area contributed by atoms with Gasteiger partial charge < -0.3 is 19.4 Å². The Morgan fingerprint density at radius 1 is 0.875 bits per heavy atom. The molecule has 40 heavy (non-hydrogen) atoms. The number of piperidine rings is 1. The number of ether oxygens (including phenoxy) is 1. The number of benzene rings is 3. The average Bonchev–Trinajstić information content (AvgIpc) is 3.48. The van der Waals surface area contributed by atoms with E-state index in [0.717, 1.165) is 29.1 Å². The number of likely N-dealkylation sites (tertiary alicyclic amines) is 1. The van der Waals surface area contributed by atoms with E-state index in [1.807, 2.05) is 76.2 Å². The molecule has 0 atom stereocenters. The van der Waals surface area contributed by atoms with Crippen LogP contribution in [-0.4, -0.2) is 52.3 Å². The third kappa shape index (κ3) is 5.03. The van der Waals surface area contributed by atoms with E-state index in [1.54, 1.807) is 24.5 Å². The summed E-state index contributed by atoms with van der Waals surface area (Å²) in [6.45, 7) is 1.35. The fraction of sp³-hybridized carbons (Fsp3) is 0.188. The van der Waals surface area contributed by atoms with Gasteiger partial charge in [-0.05, 0) is 89.7 Å². The molecular formula is C32H28N4O4. The van der Waals surface area contributed by atoms with Gasteiger partial charge >= 0.3 is 5.97 Å². The van der Waals surface area contributed by atoms with Gasteiger partial charge in [0.25, 0.3) is 11.8 Å². The molecule has 3 heterocycles. The van der Waals surface area contributed by atoms with Gasteiger partial charge in [0, 0.05) is 36.1 Å². The van der Waals surface area contributed by atoms with Crippen molar-refractivity contribution in [2.45, 2.75) is 18.8 Å². The Labute approximate surface area is 231 Å². The number of amides is 2. The van der Waals surface area contributed by atoms with Crippen LogP contribution >= 0.6 is 0 Å². The Balaban J connectivity index is 1.06. The summed E-state index contributed by atoms with van der Waals surface area (Å²) >= 11 is 0. The first kappa shape index (κ1) is 25.3. The molecule has 0 radical (unpaired) electrons. The zero-order valence-corrected chi connectivity index (χ0v) is 22.0. The molecule has 1 fully saturated rings. The molecule has 200 valence electrons. The fourth-order valence-electron chi connectivity index (χ4n) is 5.32. The molecule has 2 aromatic heterocycles. The Hall–Kier alpha value is -4.98. The number of hydrogen-bond acceptors (Lipinski definition) is 5. The van der Waals surface area contributed by atoms with Gasteiger partial charge in [-0.1, -0.05) is 24.3 Å². The van der Waals surface area contributed by atoms with Crippen molar-refractivity contribution in [1.29, 1.82) is 0 Å². The maximum Gasteiger partial charge on any atom is 0.337 e. The molecule has 8 nitrogen and oxygen atoms in total. The zero-order chi connectivity index (χ0) is 27.6. The van der Waals surface area contributed by atoms with Crippen LogP contribution in [0.15, 0.2) is 91.4 Å². The van der Waals surface area contributed by atoms with Gasteiger partial charge in [-0.2, -0.15) is 0 Å². The Morgan fingerprint density at radius 3 is 2.30 bits per heavy atom. The second kappa shape index (κ2) is 10.6. The van der Waals surface area contributed by atoms with Crippen molar-refractivity contribution in [2.75, 3.05) is 25.5 Å². The van der Waals surface area contributed by atoms with Crippen LogP contribution in [0.2, 0.25) is 0 Å². The molecule has 1 saturated heterocycles. The smallest absolute Gasteiger partial charge is 0.337 e. The molecule has 1 aliphatic heterocycles. The van der Waals surface area contributed by atoms with Gasteiger partial charge in [0.1, 0.15) is 5.69 Å². The summed E-state index contributed by atoms with van der Waals surface area (Å²) < 4.78 is 6.65. The monoisotopic (exact) mass is 532 g/mol. The van der Waals surface area contributed by atoms with Crippen molar-refractivity contribution in [2.24, 2.45) is 0 Å². The molecule has 0 aliphatic carbocycles. The summed E-state index contributed by atoms with van der Waals surface area (Å²) in [6, 6.07) is 24.4. The van der Waals surface area contributed by atoms with Gasteiger partial charge in [-0.25, -0.2) is 9.78 Å². The largest absolute Gasteiger partial charge is 0.465 e. The van der Waals surface area contributed by atoms with E-state index in [4.69, 9.17) is 4.74 Å².